The molecule has 8 heteroatoms. The van der Waals surface area contributed by atoms with Gasteiger partial charge in [0, 0.05) is 19.0 Å². The molecular weight excluding hydrogens is 342 g/mol. The van der Waals surface area contributed by atoms with Gasteiger partial charge < -0.3 is 4.98 Å². The monoisotopic (exact) mass is 365 g/mol. The second kappa shape index (κ2) is 6.29. The third-order valence-electron chi connectivity index (χ3n) is 4.82. The summed E-state index contributed by atoms with van der Waals surface area (Å²) in [7, 11) is 0. The highest BCUT2D eigenvalue weighted by molar-refractivity contribution is 5.78. The van der Waals surface area contributed by atoms with Gasteiger partial charge in [-0.2, -0.15) is 4.98 Å². The van der Waals surface area contributed by atoms with Crippen LogP contribution in [0.15, 0.2) is 11.0 Å². The fourth-order valence-corrected chi connectivity index (χ4v) is 3.60. The number of imidazole rings is 2. The smallest absolute Gasteiger partial charge is 0.274 e. The first-order valence-electron chi connectivity index (χ1n) is 9.34. The van der Waals surface area contributed by atoms with Crippen LogP contribution < -0.4 is 5.56 Å². The van der Waals surface area contributed by atoms with Crippen molar-refractivity contribution >= 4 is 16.7 Å². The predicted octanol–water partition coefficient (Wildman–Crippen LogP) is 2.46. The topological polar surface area (TPSA) is 93.8 Å². The van der Waals surface area contributed by atoms with Crippen molar-refractivity contribution in [3.8, 4) is 5.95 Å². The van der Waals surface area contributed by atoms with Crippen LogP contribution in [0.4, 0.5) is 0 Å². The lowest BCUT2D eigenvalue weighted by molar-refractivity contribution is 0.821. The number of H-pyrrole nitrogens is 1. The Morgan fingerprint density at radius 2 is 1.70 bits per heavy atom. The van der Waals surface area contributed by atoms with E-state index in [1.54, 1.807) is 0 Å². The molecule has 4 aromatic rings. The van der Waals surface area contributed by atoms with Gasteiger partial charge in [-0.25, -0.2) is 15.0 Å². The normalized spacial score (nSPS) is 11.7. The summed E-state index contributed by atoms with van der Waals surface area (Å²) in [6.07, 6.45) is 4.11. The molecule has 0 unspecified atom stereocenters. The van der Waals surface area contributed by atoms with Crippen LogP contribution in [0, 0.1) is 13.8 Å². The van der Waals surface area contributed by atoms with Crippen molar-refractivity contribution in [1.82, 2.24) is 33.9 Å². The zero-order valence-corrected chi connectivity index (χ0v) is 16.3. The van der Waals surface area contributed by atoms with E-state index in [0.717, 1.165) is 29.5 Å². The van der Waals surface area contributed by atoms with E-state index in [9.17, 15) is 4.79 Å². The molecule has 0 radical (unpaired) electrons. The lowest BCUT2D eigenvalue weighted by Gasteiger charge is -2.11. The maximum atomic E-state index is 12.7. The summed E-state index contributed by atoms with van der Waals surface area (Å²) in [6.45, 7) is 9.92. The van der Waals surface area contributed by atoms with Crippen LogP contribution in [0.2, 0.25) is 0 Å². The number of nitrogens with one attached hydrogen (secondary N) is 1. The number of aryl methyl sites for hydroxylation is 5. The highest BCUT2D eigenvalue weighted by Crippen LogP contribution is 2.20. The lowest BCUT2D eigenvalue weighted by Crippen LogP contribution is -2.16. The Morgan fingerprint density at radius 1 is 0.963 bits per heavy atom. The Labute approximate surface area is 156 Å². The first-order valence-corrected chi connectivity index (χ1v) is 9.34. The predicted molar refractivity (Wildman–Crippen MR) is 104 cm³/mol. The minimum absolute atomic E-state index is 0.161. The molecule has 4 rings (SSSR count). The van der Waals surface area contributed by atoms with Crippen molar-refractivity contribution in [1.29, 1.82) is 0 Å². The van der Waals surface area contributed by atoms with Gasteiger partial charge >= 0.3 is 0 Å². The highest BCUT2D eigenvalue weighted by Gasteiger charge is 2.19. The molecule has 4 heterocycles. The Bertz CT molecular complexity index is 1230. The maximum Gasteiger partial charge on any atom is 0.274 e. The summed E-state index contributed by atoms with van der Waals surface area (Å²) in [5, 5.41) is 0. The Kier molecular flexibility index (Phi) is 4.05. The molecule has 0 spiro atoms. The van der Waals surface area contributed by atoms with E-state index in [2.05, 4.69) is 21.9 Å². The molecule has 140 valence electrons. The molecule has 0 saturated heterocycles. The minimum atomic E-state index is -0.161. The number of aromatic amines is 1. The summed E-state index contributed by atoms with van der Waals surface area (Å²) < 4.78 is 3.81. The van der Waals surface area contributed by atoms with Crippen LogP contribution in [0.5, 0.6) is 0 Å². The third kappa shape index (κ3) is 2.55. The summed E-state index contributed by atoms with van der Waals surface area (Å²) in [5.74, 6) is 2.30. The van der Waals surface area contributed by atoms with E-state index in [1.165, 1.54) is 0 Å². The molecule has 0 amide bonds. The van der Waals surface area contributed by atoms with Gasteiger partial charge in [0.15, 0.2) is 5.65 Å². The molecule has 0 aliphatic heterocycles. The van der Waals surface area contributed by atoms with Crippen LogP contribution in [0.1, 0.15) is 49.5 Å². The summed E-state index contributed by atoms with van der Waals surface area (Å²) >= 11 is 0. The molecule has 1 N–H and O–H groups in total. The zero-order valence-electron chi connectivity index (χ0n) is 16.3. The maximum absolute atomic E-state index is 12.7. The highest BCUT2D eigenvalue weighted by atomic mass is 16.1. The molecule has 0 saturated carbocycles. The molecule has 27 heavy (non-hydrogen) atoms. The number of hydrogen-bond acceptors (Lipinski definition) is 5. The van der Waals surface area contributed by atoms with Crippen LogP contribution in [-0.4, -0.2) is 33.9 Å². The Hall–Kier alpha value is -3.03. The fraction of sp³-hybridized carbons (Fsp3) is 0.421. The van der Waals surface area contributed by atoms with Gasteiger partial charge in [0.2, 0.25) is 5.95 Å². The van der Waals surface area contributed by atoms with Gasteiger partial charge in [0.05, 0.1) is 17.1 Å². The zero-order chi connectivity index (χ0) is 19.3. The van der Waals surface area contributed by atoms with Crippen LogP contribution in [0.25, 0.3) is 22.6 Å². The minimum Gasteiger partial charge on any atom is -0.316 e. The Morgan fingerprint density at radius 3 is 2.37 bits per heavy atom. The second-order valence-electron chi connectivity index (χ2n) is 6.65. The number of fused-ring (bicyclic) bond motifs is 3. The van der Waals surface area contributed by atoms with E-state index in [-0.39, 0.29) is 5.56 Å². The van der Waals surface area contributed by atoms with Gasteiger partial charge in [-0.1, -0.05) is 20.8 Å². The molecule has 0 atom stereocenters. The van der Waals surface area contributed by atoms with Crippen molar-refractivity contribution in [2.75, 3.05) is 0 Å². The van der Waals surface area contributed by atoms with E-state index < -0.39 is 0 Å². The fourth-order valence-electron chi connectivity index (χ4n) is 3.60. The number of nitrogens with zero attached hydrogens (tertiary/aromatic N) is 6. The quantitative estimate of drug-likeness (QED) is 0.599. The van der Waals surface area contributed by atoms with Crippen LogP contribution in [-0.2, 0) is 19.3 Å². The SMILES string of the molecule is CCc1nc(-n2cc(C)nc2CC)nc2c1[nH]c(=O)c1c(C)nc(CC)n12. The van der Waals surface area contributed by atoms with Gasteiger partial charge in [-0.3, -0.25) is 13.8 Å². The van der Waals surface area contributed by atoms with E-state index in [1.807, 2.05) is 42.9 Å². The molecule has 8 nitrogen and oxygen atoms in total. The van der Waals surface area contributed by atoms with Crippen molar-refractivity contribution in [2.24, 2.45) is 0 Å². The molecule has 0 aromatic carbocycles. The number of aromatic nitrogens is 7. The molecule has 0 aliphatic carbocycles. The van der Waals surface area contributed by atoms with Crippen molar-refractivity contribution < 1.29 is 0 Å². The van der Waals surface area contributed by atoms with E-state index in [0.29, 0.717) is 41.2 Å². The number of rotatable bonds is 4. The van der Waals surface area contributed by atoms with Gasteiger partial charge in [0.25, 0.3) is 5.56 Å². The standard InChI is InChI=1S/C19H23N7O/c1-6-12-15-17(24-19(22-12)25-9-10(4)20-13(25)7-2)26-14(8-3)21-11(5)16(26)18(27)23-15/h9H,6-8H2,1-5H3,(H,23,27). The van der Waals surface area contributed by atoms with Gasteiger partial charge in [0.1, 0.15) is 22.7 Å². The molecular formula is C19H23N7O. The molecule has 0 aliphatic rings. The van der Waals surface area contributed by atoms with E-state index >= 15 is 0 Å². The second-order valence-corrected chi connectivity index (χ2v) is 6.65. The van der Waals surface area contributed by atoms with Gasteiger partial charge in [-0.05, 0) is 20.3 Å². The summed E-state index contributed by atoms with van der Waals surface area (Å²) in [4.78, 5) is 34.4. The Balaban J connectivity index is 2.17. The molecule has 0 bridgehead atoms. The van der Waals surface area contributed by atoms with Crippen LogP contribution >= 0.6 is 0 Å². The van der Waals surface area contributed by atoms with E-state index in [4.69, 9.17) is 9.97 Å². The van der Waals surface area contributed by atoms with Crippen molar-refractivity contribution in [2.45, 2.75) is 53.9 Å². The summed E-state index contributed by atoms with van der Waals surface area (Å²) in [6, 6.07) is 0. The van der Waals surface area contributed by atoms with Crippen molar-refractivity contribution in [3.63, 3.8) is 0 Å². The van der Waals surface area contributed by atoms with Crippen LogP contribution in [0.3, 0.4) is 0 Å². The molecule has 4 aromatic heterocycles. The first-order chi connectivity index (χ1) is 13.0. The third-order valence-corrected chi connectivity index (χ3v) is 4.82. The molecule has 0 fully saturated rings. The van der Waals surface area contributed by atoms with Gasteiger partial charge in [-0.15, -0.1) is 0 Å². The summed E-state index contributed by atoms with van der Waals surface area (Å²) in [5.41, 5.74) is 4.16. The average Bonchev–Trinajstić information content (AvgIpc) is 3.21. The number of hydrogen-bond donors (Lipinski definition) is 1. The lowest BCUT2D eigenvalue weighted by atomic mass is 10.2. The first kappa shape index (κ1) is 17.4. The van der Waals surface area contributed by atoms with Crippen molar-refractivity contribution in [3.05, 3.63) is 45.3 Å². The largest absolute Gasteiger partial charge is 0.316 e. The average molecular weight is 365 g/mol.